The van der Waals surface area contributed by atoms with Gasteiger partial charge in [-0.25, -0.2) is 4.79 Å². The Morgan fingerprint density at radius 3 is 2.14 bits per heavy atom. The topological polar surface area (TPSA) is 38.1 Å². The molecular formula is C24H31N3O. The van der Waals surface area contributed by atoms with E-state index in [1.165, 1.54) is 5.56 Å². The van der Waals surface area contributed by atoms with Gasteiger partial charge in [-0.2, -0.15) is 4.98 Å². The standard InChI is InChI=1S/C24H31N3O/c1-7-26(8-2)20-13-14-22-21(15-20)23(25-24(28)27(22)17(5)6)19-11-9-18(10-12-19)16(3)4/h9-17H,7-8H2,1-6H3. The molecule has 2 aromatic carbocycles. The van der Waals surface area contributed by atoms with E-state index in [-0.39, 0.29) is 11.7 Å². The molecule has 0 radical (unpaired) electrons. The van der Waals surface area contributed by atoms with E-state index in [0.29, 0.717) is 5.92 Å². The molecule has 148 valence electrons. The van der Waals surface area contributed by atoms with Crippen LogP contribution in [0.3, 0.4) is 0 Å². The van der Waals surface area contributed by atoms with Gasteiger partial charge in [0.2, 0.25) is 0 Å². The zero-order valence-corrected chi connectivity index (χ0v) is 17.9. The van der Waals surface area contributed by atoms with Crippen LogP contribution in [0.5, 0.6) is 0 Å². The summed E-state index contributed by atoms with van der Waals surface area (Å²) in [6, 6.07) is 14.8. The molecule has 0 N–H and O–H groups in total. The smallest absolute Gasteiger partial charge is 0.348 e. The quantitative estimate of drug-likeness (QED) is 0.560. The number of nitrogens with zero attached hydrogens (tertiary/aromatic N) is 3. The monoisotopic (exact) mass is 377 g/mol. The molecule has 3 aromatic rings. The molecule has 4 nitrogen and oxygen atoms in total. The maximum absolute atomic E-state index is 12.8. The summed E-state index contributed by atoms with van der Waals surface area (Å²) in [5.41, 5.74) is 4.94. The molecule has 1 aromatic heterocycles. The third-order valence-corrected chi connectivity index (χ3v) is 5.40. The van der Waals surface area contributed by atoms with Crippen molar-refractivity contribution in [1.82, 2.24) is 9.55 Å². The number of fused-ring (bicyclic) bond motifs is 1. The normalized spacial score (nSPS) is 11.6. The molecule has 0 aliphatic rings. The number of rotatable bonds is 6. The molecule has 0 spiro atoms. The van der Waals surface area contributed by atoms with Crippen molar-refractivity contribution in [2.45, 2.75) is 53.5 Å². The Balaban J connectivity index is 2.29. The summed E-state index contributed by atoms with van der Waals surface area (Å²) < 4.78 is 1.79. The fourth-order valence-corrected chi connectivity index (χ4v) is 3.77. The molecule has 0 saturated carbocycles. The lowest BCUT2D eigenvalue weighted by Gasteiger charge is -2.23. The number of benzene rings is 2. The molecule has 0 atom stereocenters. The van der Waals surface area contributed by atoms with Crippen molar-refractivity contribution in [3.8, 4) is 11.3 Å². The predicted molar refractivity (Wildman–Crippen MR) is 119 cm³/mol. The van der Waals surface area contributed by atoms with Crippen LogP contribution in [0, 0.1) is 0 Å². The third-order valence-electron chi connectivity index (χ3n) is 5.40. The molecule has 0 unspecified atom stereocenters. The Morgan fingerprint density at radius 1 is 0.964 bits per heavy atom. The molecule has 4 heteroatoms. The zero-order chi connectivity index (χ0) is 20.4. The Hall–Kier alpha value is -2.62. The molecule has 0 bridgehead atoms. The Morgan fingerprint density at radius 2 is 1.61 bits per heavy atom. The summed E-state index contributed by atoms with van der Waals surface area (Å²) >= 11 is 0. The first kappa shape index (κ1) is 20.1. The summed E-state index contributed by atoms with van der Waals surface area (Å²) in [4.78, 5) is 19.6. The first-order valence-corrected chi connectivity index (χ1v) is 10.3. The Kier molecular flexibility index (Phi) is 5.87. The van der Waals surface area contributed by atoms with E-state index in [9.17, 15) is 4.79 Å². The number of hydrogen-bond acceptors (Lipinski definition) is 3. The van der Waals surface area contributed by atoms with Gasteiger partial charge in [-0.3, -0.25) is 4.57 Å². The van der Waals surface area contributed by atoms with Crippen molar-refractivity contribution >= 4 is 16.6 Å². The van der Waals surface area contributed by atoms with Gasteiger partial charge >= 0.3 is 5.69 Å². The highest BCUT2D eigenvalue weighted by Crippen LogP contribution is 2.31. The average Bonchev–Trinajstić information content (AvgIpc) is 2.68. The zero-order valence-electron chi connectivity index (χ0n) is 17.9. The molecule has 1 heterocycles. The molecule has 0 saturated heterocycles. The summed E-state index contributed by atoms with van der Waals surface area (Å²) in [7, 11) is 0. The van der Waals surface area contributed by atoms with Crippen LogP contribution in [0.4, 0.5) is 5.69 Å². The van der Waals surface area contributed by atoms with Gasteiger partial charge in [0.1, 0.15) is 0 Å². The number of hydrogen-bond donors (Lipinski definition) is 0. The van der Waals surface area contributed by atoms with Crippen LogP contribution in [0.2, 0.25) is 0 Å². The van der Waals surface area contributed by atoms with Crippen molar-refractivity contribution in [3.63, 3.8) is 0 Å². The third kappa shape index (κ3) is 3.68. The molecule has 3 rings (SSSR count). The van der Waals surface area contributed by atoms with Crippen LogP contribution in [0.1, 0.15) is 59.1 Å². The van der Waals surface area contributed by atoms with Crippen LogP contribution in [-0.2, 0) is 0 Å². The van der Waals surface area contributed by atoms with Gasteiger partial charge in [-0.15, -0.1) is 0 Å². The Labute approximate surface area is 167 Å². The predicted octanol–water partition coefficient (Wildman–Crippen LogP) is 5.61. The lowest BCUT2D eigenvalue weighted by Crippen LogP contribution is -2.26. The van der Waals surface area contributed by atoms with E-state index < -0.39 is 0 Å². The lowest BCUT2D eigenvalue weighted by molar-refractivity contribution is 0.587. The Bertz CT molecular complexity index is 1010. The minimum atomic E-state index is -0.193. The van der Waals surface area contributed by atoms with Crippen molar-refractivity contribution in [2.75, 3.05) is 18.0 Å². The lowest BCUT2D eigenvalue weighted by atomic mass is 9.99. The highest BCUT2D eigenvalue weighted by Gasteiger charge is 2.16. The minimum absolute atomic E-state index is 0.0548. The minimum Gasteiger partial charge on any atom is -0.372 e. The van der Waals surface area contributed by atoms with Crippen molar-refractivity contribution in [3.05, 3.63) is 58.5 Å². The van der Waals surface area contributed by atoms with Crippen LogP contribution in [-0.4, -0.2) is 22.6 Å². The van der Waals surface area contributed by atoms with Crippen molar-refractivity contribution < 1.29 is 0 Å². The van der Waals surface area contributed by atoms with E-state index in [2.05, 4.69) is 80.0 Å². The maximum Gasteiger partial charge on any atom is 0.348 e. The number of anilines is 1. The second-order valence-electron chi connectivity index (χ2n) is 7.86. The molecule has 0 aliphatic carbocycles. The first-order valence-electron chi connectivity index (χ1n) is 10.3. The molecule has 0 fully saturated rings. The SMILES string of the molecule is CCN(CC)c1ccc2c(c1)c(-c1ccc(C(C)C)cc1)nc(=O)n2C(C)C. The van der Waals surface area contributed by atoms with Gasteiger partial charge in [-0.05, 0) is 57.4 Å². The summed E-state index contributed by atoms with van der Waals surface area (Å²) in [5.74, 6) is 0.474. The van der Waals surface area contributed by atoms with E-state index in [4.69, 9.17) is 0 Å². The summed E-state index contributed by atoms with van der Waals surface area (Å²) in [6.45, 7) is 14.6. The van der Waals surface area contributed by atoms with Gasteiger partial charge in [-0.1, -0.05) is 38.1 Å². The van der Waals surface area contributed by atoms with Crippen molar-refractivity contribution in [1.29, 1.82) is 0 Å². The largest absolute Gasteiger partial charge is 0.372 e. The molecular weight excluding hydrogens is 346 g/mol. The van der Waals surface area contributed by atoms with E-state index >= 15 is 0 Å². The first-order chi connectivity index (χ1) is 13.4. The maximum atomic E-state index is 12.8. The van der Waals surface area contributed by atoms with Crippen LogP contribution in [0.25, 0.3) is 22.2 Å². The van der Waals surface area contributed by atoms with Crippen LogP contribution in [0.15, 0.2) is 47.3 Å². The van der Waals surface area contributed by atoms with E-state index in [1.807, 2.05) is 13.8 Å². The van der Waals surface area contributed by atoms with E-state index in [0.717, 1.165) is 40.9 Å². The van der Waals surface area contributed by atoms with Crippen LogP contribution >= 0.6 is 0 Å². The highest BCUT2D eigenvalue weighted by atomic mass is 16.1. The van der Waals surface area contributed by atoms with E-state index in [1.54, 1.807) is 4.57 Å². The second kappa shape index (κ2) is 8.17. The molecule has 0 aliphatic heterocycles. The van der Waals surface area contributed by atoms with Gasteiger partial charge in [0, 0.05) is 35.8 Å². The fourth-order valence-electron chi connectivity index (χ4n) is 3.77. The summed E-state index contributed by atoms with van der Waals surface area (Å²) in [5, 5.41) is 1.02. The number of aromatic nitrogens is 2. The molecule has 0 amide bonds. The highest BCUT2D eigenvalue weighted by molar-refractivity contribution is 5.94. The fraction of sp³-hybridized carbons (Fsp3) is 0.417. The van der Waals surface area contributed by atoms with Gasteiger partial charge in [0.25, 0.3) is 0 Å². The average molecular weight is 378 g/mol. The van der Waals surface area contributed by atoms with Crippen molar-refractivity contribution in [2.24, 2.45) is 0 Å². The second-order valence-corrected chi connectivity index (χ2v) is 7.86. The van der Waals surface area contributed by atoms with Crippen LogP contribution < -0.4 is 10.6 Å². The molecule has 28 heavy (non-hydrogen) atoms. The van der Waals surface area contributed by atoms with Gasteiger partial charge in [0.05, 0.1) is 11.2 Å². The van der Waals surface area contributed by atoms with Gasteiger partial charge in [0.15, 0.2) is 0 Å². The summed E-state index contributed by atoms with van der Waals surface area (Å²) in [6.07, 6.45) is 0. The van der Waals surface area contributed by atoms with Gasteiger partial charge < -0.3 is 4.90 Å².